The lowest BCUT2D eigenvalue weighted by Gasteiger charge is -2.09. The van der Waals surface area contributed by atoms with Crippen molar-refractivity contribution < 1.29 is 0 Å². The first-order valence-corrected chi connectivity index (χ1v) is 3.70. The summed E-state index contributed by atoms with van der Waals surface area (Å²) in [6.45, 7) is 7.75. The second-order valence-corrected chi connectivity index (χ2v) is 3.11. The van der Waals surface area contributed by atoms with Crippen molar-refractivity contribution in [3.05, 3.63) is 12.2 Å². The quantitative estimate of drug-likeness (QED) is 0.457. The molecule has 0 aromatic carbocycles. The summed E-state index contributed by atoms with van der Waals surface area (Å²) in [5.74, 6) is 0.349. The first-order chi connectivity index (χ1) is 4.57. The second-order valence-electron chi connectivity index (χ2n) is 2.58. The fraction of sp³-hybridized carbons (Fsp3) is 0.625. The molecule has 0 aliphatic carbocycles. The molecule has 2 unspecified atom stereocenters. The summed E-state index contributed by atoms with van der Waals surface area (Å²) in [5.41, 5.74) is 1.08. The van der Waals surface area contributed by atoms with Crippen molar-refractivity contribution >= 4 is 11.6 Å². The largest absolute Gasteiger partial charge is 0.197 e. The number of halogens is 1. The van der Waals surface area contributed by atoms with Crippen LogP contribution in [0.1, 0.15) is 20.3 Å². The molecule has 1 nitrogen and oxygen atoms in total. The highest BCUT2D eigenvalue weighted by molar-refractivity contribution is 6.22. The molecular formula is C8H12ClN. The van der Waals surface area contributed by atoms with Gasteiger partial charge in [-0.1, -0.05) is 19.1 Å². The molecule has 0 aromatic rings. The van der Waals surface area contributed by atoms with Crippen molar-refractivity contribution in [2.45, 2.75) is 25.6 Å². The van der Waals surface area contributed by atoms with Crippen LogP contribution < -0.4 is 0 Å². The van der Waals surface area contributed by atoms with Crippen molar-refractivity contribution in [2.75, 3.05) is 0 Å². The lowest BCUT2D eigenvalue weighted by molar-refractivity contribution is 0.631. The van der Waals surface area contributed by atoms with Crippen LogP contribution in [-0.4, -0.2) is 5.38 Å². The Bertz CT molecular complexity index is 157. The summed E-state index contributed by atoms with van der Waals surface area (Å²) in [4.78, 5) is 0. The van der Waals surface area contributed by atoms with Crippen molar-refractivity contribution in [1.29, 1.82) is 5.26 Å². The van der Waals surface area contributed by atoms with E-state index < -0.39 is 0 Å². The highest BCUT2D eigenvalue weighted by Gasteiger charge is 2.08. The first-order valence-electron chi connectivity index (χ1n) is 3.27. The zero-order chi connectivity index (χ0) is 8.15. The lowest BCUT2D eigenvalue weighted by atomic mass is 9.99. The molecule has 0 spiro atoms. The second kappa shape index (κ2) is 4.35. The summed E-state index contributed by atoms with van der Waals surface area (Å²) >= 11 is 5.60. The highest BCUT2D eigenvalue weighted by atomic mass is 35.5. The van der Waals surface area contributed by atoms with Gasteiger partial charge < -0.3 is 0 Å². The summed E-state index contributed by atoms with van der Waals surface area (Å²) in [6.07, 6.45) is 0.702. The summed E-state index contributed by atoms with van der Waals surface area (Å²) in [7, 11) is 0. The maximum absolute atomic E-state index is 8.35. The van der Waals surface area contributed by atoms with Gasteiger partial charge in [0.15, 0.2) is 0 Å². The van der Waals surface area contributed by atoms with E-state index in [0.717, 1.165) is 5.57 Å². The molecule has 10 heavy (non-hydrogen) atoms. The average Bonchev–Trinajstić information content (AvgIpc) is 1.87. The maximum atomic E-state index is 8.35. The molecule has 0 bridgehead atoms. The van der Waals surface area contributed by atoms with Gasteiger partial charge in [-0.05, 0) is 19.3 Å². The third-order valence-electron chi connectivity index (χ3n) is 1.54. The van der Waals surface area contributed by atoms with Gasteiger partial charge in [-0.2, -0.15) is 5.26 Å². The third-order valence-corrected chi connectivity index (χ3v) is 1.82. The van der Waals surface area contributed by atoms with Gasteiger partial charge in [-0.15, -0.1) is 11.6 Å². The highest BCUT2D eigenvalue weighted by Crippen LogP contribution is 2.16. The monoisotopic (exact) mass is 157 g/mol. The Labute approximate surface area is 67.3 Å². The molecule has 0 fully saturated rings. The average molecular weight is 158 g/mol. The van der Waals surface area contributed by atoms with Gasteiger partial charge in [0.05, 0.1) is 6.07 Å². The van der Waals surface area contributed by atoms with Gasteiger partial charge in [0.25, 0.3) is 0 Å². The Hall–Kier alpha value is -0.480. The maximum Gasteiger partial charge on any atom is 0.121 e. The standard InChI is InChI=1S/C8H12ClN/c1-6(2)7(3)4-8(9)5-10/h7-8H,1,4H2,2-3H3. The molecule has 0 aliphatic heterocycles. The van der Waals surface area contributed by atoms with E-state index in [4.69, 9.17) is 16.9 Å². The fourth-order valence-electron chi connectivity index (χ4n) is 0.564. The molecule has 56 valence electrons. The number of nitrogens with zero attached hydrogens (tertiary/aromatic N) is 1. The van der Waals surface area contributed by atoms with Crippen LogP contribution in [0.3, 0.4) is 0 Å². The SMILES string of the molecule is C=C(C)C(C)CC(Cl)C#N. The Morgan fingerprint density at radius 3 is 2.60 bits per heavy atom. The Kier molecular flexibility index (Phi) is 4.14. The Morgan fingerprint density at radius 2 is 2.30 bits per heavy atom. The minimum absolute atomic E-state index is 0.349. The molecule has 0 saturated carbocycles. The van der Waals surface area contributed by atoms with Crippen molar-refractivity contribution in [2.24, 2.45) is 5.92 Å². The van der Waals surface area contributed by atoms with Gasteiger partial charge >= 0.3 is 0 Å². The minimum Gasteiger partial charge on any atom is -0.197 e. The van der Waals surface area contributed by atoms with E-state index >= 15 is 0 Å². The zero-order valence-electron chi connectivity index (χ0n) is 6.39. The van der Waals surface area contributed by atoms with Crippen LogP contribution in [0, 0.1) is 17.2 Å². The molecule has 2 atom stereocenters. The molecule has 0 aromatic heterocycles. The van der Waals surface area contributed by atoms with E-state index in [2.05, 4.69) is 6.58 Å². The van der Waals surface area contributed by atoms with Crippen LogP contribution in [0.4, 0.5) is 0 Å². The number of hydrogen-bond acceptors (Lipinski definition) is 1. The smallest absolute Gasteiger partial charge is 0.121 e. The molecule has 0 aliphatic rings. The van der Waals surface area contributed by atoms with E-state index in [1.807, 2.05) is 19.9 Å². The van der Waals surface area contributed by atoms with Gasteiger partial charge in [0.2, 0.25) is 0 Å². The molecule has 0 amide bonds. The van der Waals surface area contributed by atoms with Crippen molar-refractivity contribution in [3.8, 4) is 6.07 Å². The number of rotatable bonds is 3. The fourth-order valence-corrected chi connectivity index (χ4v) is 0.832. The number of alkyl halides is 1. The normalized spacial score (nSPS) is 15.4. The lowest BCUT2D eigenvalue weighted by Crippen LogP contribution is -2.03. The van der Waals surface area contributed by atoms with E-state index in [1.165, 1.54) is 0 Å². The topological polar surface area (TPSA) is 23.8 Å². The Balaban J connectivity index is 3.70. The molecule has 0 radical (unpaired) electrons. The molecule has 2 heteroatoms. The van der Waals surface area contributed by atoms with Crippen LogP contribution in [0.15, 0.2) is 12.2 Å². The van der Waals surface area contributed by atoms with Crippen LogP contribution in [0.2, 0.25) is 0 Å². The number of hydrogen-bond donors (Lipinski definition) is 0. The summed E-state index contributed by atoms with van der Waals surface area (Å²) in [6, 6.07) is 1.98. The van der Waals surface area contributed by atoms with Gasteiger partial charge in [-0.3, -0.25) is 0 Å². The van der Waals surface area contributed by atoms with Gasteiger partial charge in [0, 0.05) is 0 Å². The van der Waals surface area contributed by atoms with Crippen molar-refractivity contribution in [3.63, 3.8) is 0 Å². The predicted molar refractivity (Wildman–Crippen MR) is 43.8 cm³/mol. The van der Waals surface area contributed by atoms with Crippen LogP contribution in [0.25, 0.3) is 0 Å². The molecule has 0 saturated heterocycles. The van der Waals surface area contributed by atoms with Crippen LogP contribution >= 0.6 is 11.6 Å². The first kappa shape index (κ1) is 9.52. The molecular weight excluding hydrogens is 146 g/mol. The van der Waals surface area contributed by atoms with Gasteiger partial charge in [-0.25, -0.2) is 0 Å². The molecule has 0 heterocycles. The third kappa shape index (κ3) is 3.53. The van der Waals surface area contributed by atoms with Gasteiger partial charge in [0.1, 0.15) is 5.38 Å². The number of allylic oxidation sites excluding steroid dienone is 1. The summed E-state index contributed by atoms with van der Waals surface area (Å²) in [5, 5.41) is 7.99. The number of nitriles is 1. The molecule has 0 N–H and O–H groups in total. The summed E-state index contributed by atoms with van der Waals surface area (Å²) < 4.78 is 0. The van der Waals surface area contributed by atoms with Crippen LogP contribution in [0.5, 0.6) is 0 Å². The van der Waals surface area contributed by atoms with E-state index in [0.29, 0.717) is 12.3 Å². The molecule has 0 rings (SSSR count). The minimum atomic E-state index is -0.369. The van der Waals surface area contributed by atoms with Crippen molar-refractivity contribution in [1.82, 2.24) is 0 Å². The van der Waals surface area contributed by atoms with E-state index in [9.17, 15) is 0 Å². The zero-order valence-corrected chi connectivity index (χ0v) is 7.15. The predicted octanol–water partition coefficient (Wildman–Crippen LogP) is 2.72. The Morgan fingerprint density at radius 1 is 1.80 bits per heavy atom. The van der Waals surface area contributed by atoms with E-state index in [1.54, 1.807) is 0 Å². The van der Waals surface area contributed by atoms with Crippen LogP contribution in [-0.2, 0) is 0 Å². The van der Waals surface area contributed by atoms with E-state index in [-0.39, 0.29) is 5.38 Å².